The number of carbonyl (C=O) groups excluding carboxylic acids is 2. The zero-order valence-corrected chi connectivity index (χ0v) is 13.1. The van der Waals surface area contributed by atoms with Crippen molar-refractivity contribution in [3.63, 3.8) is 0 Å². The van der Waals surface area contributed by atoms with Gasteiger partial charge in [-0.05, 0) is 42.0 Å². The third-order valence-electron chi connectivity index (χ3n) is 2.59. The van der Waals surface area contributed by atoms with E-state index in [9.17, 15) is 9.59 Å². The van der Waals surface area contributed by atoms with E-state index in [1.54, 1.807) is 48.5 Å². The van der Waals surface area contributed by atoms with Crippen molar-refractivity contribution in [2.45, 2.75) is 0 Å². The monoisotopic (exact) mass is 364 g/mol. The summed E-state index contributed by atoms with van der Waals surface area (Å²) < 4.78 is 5.87. The zero-order valence-electron chi connectivity index (χ0n) is 10.8. The minimum atomic E-state index is -0.560. The molecule has 3 nitrogen and oxygen atoms in total. The zero-order chi connectivity index (χ0) is 15.2. The number of ether oxygens (including phenoxy) is 1. The molecule has 0 amide bonds. The van der Waals surface area contributed by atoms with Gasteiger partial charge < -0.3 is 4.74 Å². The summed E-state index contributed by atoms with van der Waals surface area (Å²) in [6.07, 6.45) is 3.54. The van der Waals surface area contributed by atoms with E-state index >= 15 is 0 Å². The Balaban J connectivity index is 2.08. The molecule has 0 aliphatic rings. The van der Waals surface area contributed by atoms with Crippen LogP contribution in [0.3, 0.4) is 0 Å². The highest BCUT2D eigenvalue weighted by Crippen LogP contribution is 2.22. The van der Waals surface area contributed by atoms with Gasteiger partial charge in [0, 0.05) is 15.6 Å². The van der Waals surface area contributed by atoms with Gasteiger partial charge in [-0.3, -0.25) is 4.79 Å². The standard InChI is InChI=1S/C16H10BrClO3/c17-13-4-7-15(12(9-13)10-19)21-16(20)8-3-11-1-5-14(18)6-2-11/h1-10H/b8-3+. The van der Waals surface area contributed by atoms with Crippen molar-refractivity contribution in [2.75, 3.05) is 0 Å². The van der Waals surface area contributed by atoms with Crippen molar-refractivity contribution < 1.29 is 14.3 Å². The van der Waals surface area contributed by atoms with Crippen molar-refractivity contribution in [3.05, 3.63) is 69.2 Å². The summed E-state index contributed by atoms with van der Waals surface area (Å²) in [7, 11) is 0. The van der Waals surface area contributed by atoms with Gasteiger partial charge in [0.1, 0.15) is 5.75 Å². The Kier molecular flexibility index (Phi) is 5.31. The van der Waals surface area contributed by atoms with Crippen LogP contribution < -0.4 is 4.74 Å². The van der Waals surface area contributed by atoms with Gasteiger partial charge in [0.2, 0.25) is 0 Å². The van der Waals surface area contributed by atoms with Gasteiger partial charge in [-0.1, -0.05) is 39.7 Å². The lowest BCUT2D eigenvalue weighted by Crippen LogP contribution is -2.05. The molecule has 106 valence electrons. The molecule has 0 spiro atoms. The van der Waals surface area contributed by atoms with Crippen molar-refractivity contribution in [1.82, 2.24) is 0 Å². The van der Waals surface area contributed by atoms with Crippen LogP contribution in [0.15, 0.2) is 53.0 Å². The van der Waals surface area contributed by atoms with Crippen molar-refractivity contribution in [2.24, 2.45) is 0 Å². The fraction of sp³-hybridized carbons (Fsp3) is 0. The maximum Gasteiger partial charge on any atom is 0.336 e. The van der Waals surface area contributed by atoms with Gasteiger partial charge in [-0.25, -0.2) is 4.79 Å². The SMILES string of the molecule is O=Cc1cc(Br)ccc1OC(=O)/C=C/c1ccc(Cl)cc1. The molecular formula is C16H10BrClO3. The molecule has 21 heavy (non-hydrogen) atoms. The van der Waals surface area contributed by atoms with E-state index in [1.165, 1.54) is 6.08 Å². The Morgan fingerprint density at radius 3 is 2.52 bits per heavy atom. The highest BCUT2D eigenvalue weighted by molar-refractivity contribution is 9.10. The number of esters is 1. The highest BCUT2D eigenvalue weighted by atomic mass is 79.9. The first-order chi connectivity index (χ1) is 10.1. The van der Waals surface area contributed by atoms with Gasteiger partial charge >= 0.3 is 5.97 Å². The fourth-order valence-corrected chi connectivity index (χ4v) is 2.09. The van der Waals surface area contributed by atoms with Crippen LogP contribution in [-0.2, 0) is 4.79 Å². The molecule has 0 aliphatic heterocycles. The first kappa shape index (κ1) is 15.5. The number of carbonyl (C=O) groups is 2. The molecular weight excluding hydrogens is 356 g/mol. The normalized spacial score (nSPS) is 10.6. The maximum atomic E-state index is 11.7. The largest absolute Gasteiger partial charge is 0.423 e. The molecule has 0 fully saturated rings. The Morgan fingerprint density at radius 2 is 1.86 bits per heavy atom. The van der Waals surface area contributed by atoms with Crippen molar-refractivity contribution >= 4 is 45.9 Å². The summed E-state index contributed by atoms with van der Waals surface area (Å²) in [6.45, 7) is 0. The Bertz CT molecular complexity index is 693. The summed E-state index contributed by atoms with van der Waals surface area (Å²) in [4.78, 5) is 22.7. The average molecular weight is 366 g/mol. The van der Waals surface area contributed by atoms with Gasteiger partial charge in [0.25, 0.3) is 0 Å². The number of benzene rings is 2. The minimum absolute atomic E-state index is 0.221. The van der Waals surface area contributed by atoms with Crippen molar-refractivity contribution in [3.8, 4) is 5.75 Å². The molecule has 0 heterocycles. The molecule has 0 radical (unpaired) electrons. The second kappa shape index (κ2) is 7.20. The quantitative estimate of drug-likeness (QED) is 0.346. The van der Waals surface area contributed by atoms with Crippen LogP contribution in [0.25, 0.3) is 6.08 Å². The molecule has 0 atom stereocenters. The minimum Gasteiger partial charge on any atom is -0.423 e. The summed E-state index contributed by atoms with van der Waals surface area (Å²) in [5, 5.41) is 0.625. The fourth-order valence-electron chi connectivity index (χ4n) is 1.58. The van der Waals surface area contributed by atoms with E-state index in [1.807, 2.05) is 0 Å². The molecule has 2 rings (SSSR count). The van der Waals surface area contributed by atoms with E-state index in [0.717, 1.165) is 10.0 Å². The third kappa shape index (κ3) is 4.55. The summed E-state index contributed by atoms with van der Waals surface area (Å²) in [6, 6.07) is 11.8. The van der Waals surface area contributed by atoms with Crippen molar-refractivity contribution in [1.29, 1.82) is 0 Å². The van der Waals surface area contributed by atoms with Crippen LogP contribution in [0.1, 0.15) is 15.9 Å². The molecule has 0 aromatic heterocycles. The van der Waals surface area contributed by atoms with E-state index in [2.05, 4.69) is 15.9 Å². The smallest absolute Gasteiger partial charge is 0.336 e. The second-order valence-corrected chi connectivity index (χ2v) is 5.46. The molecule has 2 aromatic rings. The van der Waals surface area contributed by atoms with Crippen LogP contribution in [0.5, 0.6) is 5.75 Å². The van der Waals surface area contributed by atoms with Crippen LogP contribution >= 0.6 is 27.5 Å². The number of aldehydes is 1. The van der Waals surface area contributed by atoms with Gasteiger partial charge in [-0.15, -0.1) is 0 Å². The molecule has 0 saturated heterocycles. The Hall–Kier alpha value is -1.91. The van der Waals surface area contributed by atoms with E-state index in [4.69, 9.17) is 16.3 Å². The lowest BCUT2D eigenvalue weighted by atomic mass is 10.2. The Morgan fingerprint density at radius 1 is 1.14 bits per heavy atom. The van der Waals surface area contributed by atoms with E-state index in [-0.39, 0.29) is 5.75 Å². The molecule has 0 N–H and O–H groups in total. The lowest BCUT2D eigenvalue weighted by molar-refractivity contribution is -0.128. The number of rotatable bonds is 4. The topological polar surface area (TPSA) is 43.4 Å². The predicted octanol–water partition coefficient (Wildman–Crippen LogP) is 4.53. The van der Waals surface area contributed by atoms with E-state index < -0.39 is 5.97 Å². The van der Waals surface area contributed by atoms with Crippen LogP contribution in [0.4, 0.5) is 0 Å². The molecule has 0 saturated carbocycles. The van der Waals surface area contributed by atoms with Gasteiger partial charge in [0.05, 0.1) is 5.56 Å². The summed E-state index contributed by atoms with van der Waals surface area (Å²) >= 11 is 9.02. The number of halogens is 2. The predicted molar refractivity (Wildman–Crippen MR) is 85.7 cm³/mol. The lowest BCUT2D eigenvalue weighted by Gasteiger charge is -2.04. The first-order valence-electron chi connectivity index (χ1n) is 5.98. The molecule has 2 aromatic carbocycles. The number of hydrogen-bond acceptors (Lipinski definition) is 3. The first-order valence-corrected chi connectivity index (χ1v) is 7.16. The highest BCUT2D eigenvalue weighted by Gasteiger charge is 2.07. The van der Waals surface area contributed by atoms with Crippen LogP contribution in [-0.4, -0.2) is 12.3 Å². The average Bonchev–Trinajstić information content (AvgIpc) is 2.48. The molecule has 0 bridgehead atoms. The van der Waals surface area contributed by atoms with E-state index in [0.29, 0.717) is 16.9 Å². The van der Waals surface area contributed by atoms with Crippen LogP contribution in [0, 0.1) is 0 Å². The van der Waals surface area contributed by atoms with Gasteiger partial charge in [-0.2, -0.15) is 0 Å². The molecule has 0 unspecified atom stereocenters. The number of hydrogen-bond donors (Lipinski definition) is 0. The third-order valence-corrected chi connectivity index (χ3v) is 3.34. The molecule has 5 heteroatoms. The van der Waals surface area contributed by atoms with Gasteiger partial charge in [0.15, 0.2) is 6.29 Å². The van der Waals surface area contributed by atoms with Crippen LogP contribution in [0.2, 0.25) is 5.02 Å². The summed E-state index contributed by atoms with van der Waals surface area (Å²) in [5.41, 5.74) is 1.13. The summed E-state index contributed by atoms with van der Waals surface area (Å²) in [5.74, 6) is -0.339. The second-order valence-electron chi connectivity index (χ2n) is 4.11. The molecule has 0 aliphatic carbocycles. The maximum absolute atomic E-state index is 11.7. The Labute approximate surface area is 135 Å².